The third-order valence-electron chi connectivity index (χ3n) is 3.17. The Balaban J connectivity index is 1.85. The molecule has 0 fully saturated rings. The minimum absolute atomic E-state index is 0.198. The fourth-order valence-corrected chi connectivity index (χ4v) is 2.67. The van der Waals surface area contributed by atoms with Gasteiger partial charge in [-0.15, -0.1) is 16.9 Å². The summed E-state index contributed by atoms with van der Waals surface area (Å²) in [7, 11) is 0. The van der Waals surface area contributed by atoms with E-state index in [9.17, 15) is 13.6 Å². The molecular weight excluding hydrogens is 336 g/mol. The molecule has 5 nitrogen and oxygen atoms in total. The van der Waals surface area contributed by atoms with E-state index in [4.69, 9.17) is 4.42 Å². The molecule has 0 radical (unpaired) electrons. The number of carbonyl (C=O) groups excluding carboxylic acids is 1. The predicted octanol–water partition coefficient (Wildman–Crippen LogP) is 3.99. The number of anilines is 1. The minimum atomic E-state index is -1.00. The summed E-state index contributed by atoms with van der Waals surface area (Å²) in [4.78, 5) is 12.9. The molecule has 0 aliphatic rings. The molecule has 0 aliphatic carbocycles. The van der Waals surface area contributed by atoms with Crippen LogP contribution in [-0.2, 0) is 0 Å². The lowest BCUT2D eigenvalue weighted by Gasteiger charge is -2.03. The molecule has 0 bridgehead atoms. The number of carbonyl (C=O) groups is 1. The second-order valence-corrected chi connectivity index (χ2v) is 5.51. The van der Waals surface area contributed by atoms with Crippen LogP contribution in [-0.4, -0.2) is 22.4 Å². The van der Waals surface area contributed by atoms with Crippen molar-refractivity contribution in [3.63, 3.8) is 0 Å². The topological polar surface area (TPSA) is 68.0 Å². The summed E-state index contributed by atoms with van der Waals surface area (Å²) in [6, 6.07) is 10.3. The molecular formula is C16H11F2N3O2S. The molecule has 0 aliphatic heterocycles. The monoisotopic (exact) mass is 347 g/mol. The third-order valence-corrected chi connectivity index (χ3v) is 3.97. The number of nitrogens with one attached hydrogen (secondary N) is 1. The van der Waals surface area contributed by atoms with Gasteiger partial charge in [0.25, 0.3) is 11.8 Å². The molecule has 2 aromatic carbocycles. The zero-order chi connectivity index (χ0) is 17.1. The Morgan fingerprint density at radius 1 is 1.08 bits per heavy atom. The van der Waals surface area contributed by atoms with Crippen molar-refractivity contribution in [2.45, 2.75) is 4.90 Å². The van der Waals surface area contributed by atoms with Gasteiger partial charge in [-0.1, -0.05) is 23.3 Å². The molecule has 1 aromatic heterocycles. The van der Waals surface area contributed by atoms with Gasteiger partial charge in [-0.05, 0) is 30.5 Å². The maximum Gasteiger partial charge on any atom is 0.322 e. The standard InChI is InChI=1S/C16H11F2N3O2S/c1-24-12-8-3-2-5-9(12)15-20-21-16(23-15)19-14(22)13-10(17)6-4-7-11(13)18/h2-8H,1H3,(H,19,21,22). The highest BCUT2D eigenvalue weighted by Gasteiger charge is 2.20. The number of aromatic nitrogens is 2. The number of benzene rings is 2. The number of rotatable bonds is 4. The van der Waals surface area contributed by atoms with E-state index in [1.807, 2.05) is 24.5 Å². The van der Waals surface area contributed by atoms with Crippen LogP contribution in [0, 0.1) is 11.6 Å². The normalized spacial score (nSPS) is 10.6. The Bertz CT molecular complexity index is 878. The second-order valence-electron chi connectivity index (χ2n) is 4.66. The zero-order valence-corrected chi connectivity index (χ0v) is 13.2. The predicted molar refractivity (Wildman–Crippen MR) is 85.8 cm³/mol. The van der Waals surface area contributed by atoms with E-state index in [0.29, 0.717) is 5.56 Å². The molecule has 0 atom stereocenters. The summed E-state index contributed by atoms with van der Waals surface area (Å²) >= 11 is 1.50. The average molecular weight is 347 g/mol. The molecule has 0 unspecified atom stereocenters. The van der Waals surface area contributed by atoms with Crippen molar-refractivity contribution in [2.24, 2.45) is 0 Å². The fraction of sp³-hybridized carbons (Fsp3) is 0.0625. The molecule has 3 rings (SSSR count). The first-order valence-electron chi connectivity index (χ1n) is 6.82. The van der Waals surface area contributed by atoms with Crippen molar-refractivity contribution in [3.8, 4) is 11.5 Å². The van der Waals surface area contributed by atoms with Crippen LogP contribution in [0.1, 0.15) is 10.4 Å². The first-order valence-corrected chi connectivity index (χ1v) is 8.05. The van der Waals surface area contributed by atoms with E-state index in [-0.39, 0.29) is 11.9 Å². The van der Waals surface area contributed by atoms with Gasteiger partial charge in [-0.25, -0.2) is 8.78 Å². The lowest BCUT2D eigenvalue weighted by Crippen LogP contribution is -2.16. The van der Waals surface area contributed by atoms with Gasteiger partial charge in [-0.3, -0.25) is 10.1 Å². The first-order chi connectivity index (χ1) is 11.6. The van der Waals surface area contributed by atoms with Crippen molar-refractivity contribution in [1.82, 2.24) is 10.2 Å². The van der Waals surface area contributed by atoms with E-state index < -0.39 is 23.1 Å². The van der Waals surface area contributed by atoms with E-state index in [0.717, 1.165) is 17.0 Å². The first kappa shape index (κ1) is 16.1. The lowest BCUT2D eigenvalue weighted by atomic mass is 10.2. The highest BCUT2D eigenvalue weighted by atomic mass is 32.2. The van der Waals surface area contributed by atoms with Crippen LogP contribution < -0.4 is 5.32 Å². The van der Waals surface area contributed by atoms with Crippen LogP contribution in [0.5, 0.6) is 0 Å². The minimum Gasteiger partial charge on any atom is -0.403 e. The summed E-state index contributed by atoms with van der Waals surface area (Å²) in [5.74, 6) is -2.75. The van der Waals surface area contributed by atoms with Gasteiger partial charge in [-0.2, -0.15) is 0 Å². The number of hydrogen-bond acceptors (Lipinski definition) is 5. The van der Waals surface area contributed by atoms with Crippen molar-refractivity contribution < 1.29 is 18.0 Å². The molecule has 122 valence electrons. The summed E-state index contributed by atoms with van der Waals surface area (Å²) in [6.07, 6.45) is 1.90. The van der Waals surface area contributed by atoms with Crippen LogP contribution >= 0.6 is 11.8 Å². The van der Waals surface area contributed by atoms with Gasteiger partial charge in [0.05, 0.1) is 5.56 Å². The van der Waals surface area contributed by atoms with Crippen LogP contribution in [0.4, 0.5) is 14.8 Å². The highest BCUT2D eigenvalue weighted by molar-refractivity contribution is 7.98. The van der Waals surface area contributed by atoms with Gasteiger partial charge in [0.2, 0.25) is 0 Å². The summed E-state index contributed by atoms with van der Waals surface area (Å²) < 4.78 is 32.6. The van der Waals surface area contributed by atoms with E-state index in [1.165, 1.54) is 17.8 Å². The van der Waals surface area contributed by atoms with Gasteiger partial charge in [0, 0.05) is 4.90 Å². The van der Waals surface area contributed by atoms with Crippen molar-refractivity contribution in [3.05, 3.63) is 59.7 Å². The Morgan fingerprint density at radius 2 is 1.79 bits per heavy atom. The Morgan fingerprint density at radius 3 is 2.50 bits per heavy atom. The van der Waals surface area contributed by atoms with Crippen LogP contribution in [0.25, 0.3) is 11.5 Å². The Labute approximate surface area is 140 Å². The average Bonchev–Trinajstić information content (AvgIpc) is 3.03. The lowest BCUT2D eigenvalue weighted by molar-refractivity contribution is 0.101. The molecule has 0 saturated heterocycles. The van der Waals surface area contributed by atoms with Crippen molar-refractivity contribution in [1.29, 1.82) is 0 Å². The van der Waals surface area contributed by atoms with Crippen LogP contribution in [0.3, 0.4) is 0 Å². The molecule has 8 heteroatoms. The molecule has 1 amide bonds. The van der Waals surface area contributed by atoms with Gasteiger partial charge >= 0.3 is 6.01 Å². The number of amides is 1. The van der Waals surface area contributed by atoms with E-state index in [1.54, 1.807) is 6.07 Å². The maximum atomic E-state index is 13.6. The van der Waals surface area contributed by atoms with Gasteiger partial charge in [0.15, 0.2) is 0 Å². The summed E-state index contributed by atoms with van der Waals surface area (Å²) in [5.41, 5.74) is -0.00293. The molecule has 24 heavy (non-hydrogen) atoms. The molecule has 1 heterocycles. The summed E-state index contributed by atoms with van der Waals surface area (Å²) in [5, 5.41) is 9.75. The number of nitrogens with zero attached hydrogens (tertiary/aromatic N) is 2. The Kier molecular flexibility index (Phi) is 4.57. The van der Waals surface area contributed by atoms with Gasteiger partial charge < -0.3 is 4.42 Å². The number of halogens is 2. The fourth-order valence-electron chi connectivity index (χ4n) is 2.08. The molecule has 0 saturated carbocycles. The number of hydrogen-bond donors (Lipinski definition) is 1. The quantitative estimate of drug-likeness (QED) is 0.723. The summed E-state index contributed by atoms with van der Waals surface area (Å²) in [6.45, 7) is 0. The highest BCUT2D eigenvalue weighted by Crippen LogP contribution is 2.29. The van der Waals surface area contributed by atoms with Crippen molar-refractivity contribution >= 4 is 23.7 Å². The smallest absolute Gasteiger partial charge is 0.322 e. The maximum absolute atomic E-state index is 13.6. The molecule has 1 N–H and O–H groups in total. The SMILES string of the molecule is CSc1ccccc1-c1nnc(NC(=O)c2c(F)cccc2F)o1. The van der Waals surface area contributed by atoms with Crippen LogP contribution in [0.2, 0.25) is 0 Å². The molecule has 3 aromatic rings. The Hall–Kier alpha value is -2.74. The largest absolute Gasteiger partial charge is 0.403 e. The van der Waals surface area contributed by atoms with Gasteiger partial charge in [0.1, 0.15) is 17.2 Å². The zero-order valence-electron chi connectivity index (χ0n) is 12.4. The van der Waals surface area contributed by atoms with Crippen LogP contribution in [0.15, 0.2) is 51.8 Å². The van der Waals surface area contributed by atoms with E-state index in [2.05, 4.69) is 15.5 Å². The third kappa shape index (κ3) is 3.13. The van der Waals surface area contributed by atoms with E-state index >= 15 is 0 Å². The second kappa shape index (κ2) is 6.79. The van der Waals surface area contributed by atoms with Crippen molar-refractivity contribution in [2.75, 3.05) is 11.6 Å². The number of thioether (sulfide) groups is 1. The molecule has 0 spiro atoms.